The number of esters is 1. The Kier molecular flexibility index (Phi) is 8.39. The molecule has 0 saturated heterocycles. The number of aromatic hydroxyl groups is 1. The monoisotopic (exact) mass is 424 g/mol. The van der Waals surface area contributed by atoms with Crippen LogP contribution in [0.15, 0.2) is 47.5 Å². The number of hydrogen-bond donors (Lipinski definition) is 1. The molecule has 1 heterocycles. The summed E-state index contributed by atoms with van der Waals surface area (Å²) in [6, 6.07) is 12.6. The van der Waals surface area contributed by atoms with Gasteiger partial charge in [-0.2, -0.15) is 0 Å². The maximum atomic E-state index is 12.0. The Bertz CT molecular complexity index is 964. The molecule has 6 heteroatoms. The zero-order valence-corrected chi connectivity index (χ0v) is 18.2. The van der Waals surface area contributed by atoms with Gasteiger partial charge < -0.3 is 9.84 Å². The van der Waals surface area contributed by atoms with E-state index in [1.807, 2.05) is 24.3 Å². The van der Waals surface area contributed by atoms with Crippen LogP contribution in [0.5, 0.6) is 11.5 Å². The maximum absolute atomic E-state index is 12.0. The van der Waals surface area contributed by atoms with E-state index in [-0.39, 0.29) is 11.7 Å². The largest absolute Gasteiger partial charge is 0.507 e. The fourth-order valence-electron chi connectivity index (χ4n) is 3.15. The summed E-state index contributed by atoms with van der Waals surface area (Å²) in [5.74, 6) is 0.0949. The first-order chi connectivity index (χ1) is 14.7. The molecule has 0 spiro atoms. The first-order valence-corrected chi connectivity index (χ1v) is 11.4. The standard InChI is InChI=1S/C24H28N2O3S/c1-2-3-4-5-6-7-8-13-23(28)29-19-15-14-18(21(27)16-19)17-25-24-26-20-11-9-10-12-22(20)30-24/h9-12,14-17,27H,2-8,13H2,1H3/b25-17+. The average Bonchev–Trinajstić information content (AvgIpc) is 3.15. The molecule has 30 heavy (non-hydrogen) atoms. The molecule has 0 atom stereocenters. The molecule has 1 aromatic heterocycles. The first kappa shape index (κ1) is 22.0. The molecule has 5 nitrogen and oxygen atoms in total. The van der Waals surface area contributed by atoms with E-state index in [2.05, 4.69) is 16.9 Å². The third kappa shape index (κ3) is 6.66. The van der Waals surface area contributed by atoms with Gasteiger partial charge in [-0.25, -0.2) is 9.98 Å². The summed E-state index contributed by atoms with van der Waals surface area (Å²) in [7, 11) is 0. The molecule has 0 aliphatic heterocycles. The number of phenolic OH excluding ortho intramolecular Hbond substituents is 1. The van der Waals surface area contributed by atoms with E-state index in [0.717, 1.165) is 29.5 Å². The second-order valence-corrected chi connectivity index (χ2v) is 8.30. The van der Waals surface area contributed by atoms with Gasteiger partial charge in [-0.3, -0.25) is 4.79 Å². The summed E-state index contributed by atoms with van der Waals surface area (Å²) in [4.78, 5) is 20.8. The molecule has 0 bridgehead atoms. The molecule has 0 aliphatic rings. The highest BCUT2D eigenvalue weighted by Crippen LogP contribution is 2.28. The highest BCUT2D eigenvalue weighted by molar-refractivity contribution is 7.22. The van der Waals surface area contributed by atoms with E-state index in [1.54, 1.807) is 18.3 Å². The number of phenols is 1. The Balaban J connectivity index is 1.48. The lowest BCUT2D eigenvalue weighted by molar-refractivity contribution is -0.134. The van der Waals surface area contributed by atoms with E-state index in [1.165, 1.54) is 43.1 Å². The number of thiazole rings is 1. The summed E-state index contributed by atoms with van der Waals surface area (Å²) in [5, 5.41) is 10.9. The van der Waals surface area contributed by atoms with Crippen LogP contribution in [0.2, 0.25) is 0 Å². The van der Waals surface area contributed by atoms with Crippen molar-refractivity contribution in [2.24, 2.45) is 4.99 Å². The van der Waals surface area contributed by atoms with E-state index in [0.29, 0.717) is 22.9 Å². The number of para-hydroxylation sites is 1. The Morgan fingerprint density at radius 2 is 1.87 bits per heavy atom. The smallest absolute Gasteiger partial charge is 0.311 e. The topological polar surface area (TPSA) is 71.8 Å². The SMILES string of the molecule is CCCCCCCCCC(=O)Oc1ccc(/C=N/c2nc3ccccc3s2)c(O)c1. The van der Waals surface area contributed by atoms with Crippen LogP contribution in [0.4, 0.5) is 5.13 Å². The van der Waals surface area contributed by atoms with E-state index < -0.39 is 0 Å². The number of unbranched alkanes of at least 4 members (excludes halogenated alkanes) is 6. The minimum atomic E-state index is -0.265. The van der Waals surface area contributed by atoms with Crippen LogP contribution in [0.25, 0.3) is 10.2 Å². The Labute approximate surface area is 181 Å². The third-order valence-corrected chi connectivity index (χ3v) is 5.76. The van der Waals surface area contributed by atoms with Gasteiger partial charge in [0.15, 0.2) is 0 Å². The van der Waals surface area contributed by atoms with Crippen molar-refractivity contribution in [3.63, 3.8) is 0 Å². The molecule has 3 rings (SSSR count). The van der Waals surface area contributed by atoms with Crippen LogP contribution in [-0.2, 0) is 4.79 Å². The van der Waals surface area contributed by atoms with Crippen LogP contribution in [0, 0.1) is 0 Å². The van der Waals surface area contributed by atoms with E-state index in [4.69, 9.17) is 4.74 Å². The van der Waals surface area contributed by atoms with Crippen LogP contribution in [-0.4, -0.2) is 22.3 Å². The molecule has 0 saturated carbocycles. The number of aliphatic imine (C=N–C) groups is 1. The molecule has 0 aliphatic carbocycles. The number of fused-ring (bicyclic) bond motifs is 1. The first-order valence-electron chi connectivity index (χ1n) is 10.6. The molecule has 1 N–H and O–H groups in total. The highest BCUT2D eigenvalue weighted by atomic mass is 32.1. The van der Waals surface area contributed by atoms with Crippen molar-refractivity contribution < 1.29 is 14.6 Å². The fourth-order valence-corrected chi connectivity index (χ4v) is 3.96. The Hall–Kier alpha value is -2.73. The third-order valence-electron chi connectivity index (χ3n) is 4.81. The fraction of sp³-hybridized carbons (Fsp3) is 0.375. The summed E-state index contributed by atoms with van der Waals surface area (Å²) in [5.41, 5.74) is 1.45. The van der Waals surface area contributed by atoms with Gasteiger partial charge in [0.25, 0.3) is 0 Å². The molecule has 2 aromatic carbocycles. The van der Waals surface area contributed by atoms with Gasteiger partial charge in [-0.1, -0.05) is 68.9 Å². The number of nitrogens with zero attached hydrogens (tertiary/aromatic N) is 2. The number of carbonyl (C=O) groups excluding carboxylic acids is 1. The molecular formula is C24H28N2O3S. The quantitative estimate of drug-likeness (QED) is 0.159. The lowest BCUT2D eigenvalue weighted by Gasteiger charge is -2.06. The lowest BCUT2D eigenvalue weighted by Crippen LogP contribution is -2.07. The average molecular weight is 425 g/mol. The molecule has 0 unspecified atom stereocenters. The van der Waals surface area contributed by atoms with Crippen molar-refractivity contribution in [2.75, 3.05) is 0 Å². The van der Waals surface area contributed by atoms with Gasteiger partial charge in [-0.15, -0.1) is 0 Å². The van der Waals surface area contributed by atoms with Crippen molar-refractivity contribution >= 4 is 38.9 Å². The Morgan fingerprint density at radius 3 is 2.63 bits per heavy atom. The van der Waals surface area contributed by atoms with Gasteiger partial charge in [0, 0.05) is 24.3 Å². The van der Waals surface area contributed by atoms with E-state index >= 15 is 0 Å². The number of carbonyl (C=O) groups is 1. The Morgan fingerprint density at radius 1 is 1.10 bits per heavy atom. The van der Waals surface area contributed by atoms with Crippen molar-refractivity contribution in [2.45, 2.75) is 58.3 Å². The highest BCUT2D eigenvalue weighted by Gasteiger charge is 2.08. The molecule has 158 valence electrons. The van der Waals surface area contributed by atoms with Gasteiger partial charge in [0.05, 0.1) is 10.2 Å². The van der Waals surface area contributed by atoms with Gasteiger partial charge >= 0.3 is 5.97 Å². The van der Waals surface area contributed by atoms with Crippen LogP contribution in [0.3, 0.4) is 0 Å². The van der Waals surface area contributed by atoms with Gasteiger partial charge in [0.2, 0.25) is 5.13 Å². The number of hydrogen-bond acceptors (Lipinski definition) is 6. The van der Waals surface area contributed by atoms with Crippen molar-refractivity contribution in [3.05, 3.63) is 48.0 Å². The number of benzene rings is 2. The zero-order chi connectivity index (χ0) is 21.2. The van der Waals surface area contributed by atoms with Crippen LogP contribution >= 0.6 is 11.3 Å². The minimum absolute atomic E-state index is 0.0149. The van der Waals surface area contributed by atoms with Crippen LogP contribution < -0.4 is 4.74 Å². The predicted molar refractivity (Wildman–Crippen MR) is 123 cm³/mol. The molecule has 0 amide bonds. The summed E-state index contributed by atoms with van der Waals surface area (Å²) >= 11 is 1.49. The van der Waals surface area contributed by atoms with Crippen molar-refractivity contribution in [3.8, 4) is 11.5 Å². The number of rotatable bonds is 11. The minimum Gasteiger partial charge on any atom is -0.507 e. The molecular weight excluding hydrogens is 396 g/mol. The lowest BCUT2D eigenvalue weighted by atomic mass is 10.1. The number of aromatic nitrogens is 1. The van der Waals surface area contributed by atoms with Crippen molar-refractivity contribution in [1.29, 1.82) is 0 Å². The molecule has 3 aromatic rings. The molecule has 0 radical (unpaired) electrons. The van der Waals surface area contributed by atoms with Gasteiger partial charge in [0.1, 0.15) is 11.5 Å². The second-order valence-electron chi connectivity index (χ2n) is 7.29. The van der Waals surface area contributed by atoms with Gasteiger partial charge in [-0.05, 0) is 30.7 Å². The number of ether oxygens (including phenoxy) is 1. The second kappa shape index (κ2) is 11.5. The predicted octanol–water partition coefficient (Wildman–Crippen LogP) is 6.80. The molecule has 0 fully saturated rings. The summed E-state index contributed by atoms with van der Waals surface area (Å²) in [6.45, 7) is 2.20. The summed E-state index contributed by atoms with van der Waals surface area (Å²) < 4.78 is 6.41. The summed E-state index contributed by atoms with van der Waals surface area (Å²) in [6.07, 6.45) is 10.0. The van der Waals surface area contributed by atoms with E-state index in [9.17, 15) is 9.90 Å². The van der Waals surface area contributed by atoms with Crippen LogP contribution in [0.1, 0.15) is 63.9 Å². The maximum Gasteiger partial charge on any atom is 0.311 e. The zero-order valence-electron chi connectivity index (χ0n) is 17.3. The normalized spacial score (nSPS) is 11.4. The van der Waals surface area contributed by atoms with Crippen molar-refractivity contribution in [1.82, 2.24) is 4.98 Å².